The van der Waals surface area contributed by atoms with Crippen molar-refractivity contribution in [3.8, 4) is 5.88 Å². The maximum atomic E-state index is 5.83. The highest BCUT2D eigenvalue weighted by atomic mass is 16.5. The summed E-state index contributed by atoms with van der Waals surface area (Å²) in [5.41, 5.74) is 6.42. The van der Waals surface area contributed by atoms with Crippen molar-refractivity contribution in [3.63, 3.8) is 0 Å². The van der Waals surface area contributed by atoms with Crippen LogP contribution in [0.15, 0.2) is 12.1 Å². The van der Waals surface area contributed by atoms with Gasteiger partial charge in [0.05, 0.1) is 12.3 Å². The van der Waals surface area contributed by atoms with Crippen LogP contribution in [0, 0.1) is 5.92 Å². The topological polar surface area (TPSA) is 63.4 Å². The van der Waals surface area contributed by atoms with Crippen LogP contribution >= 0.6 is 0 Å². The number of nitrogen functional groups attached to an aromatic ring is 1. The number of aromatic nitrogens is 1. The zero-order valence-electron chi connectivity index (χ0n) is 12.0. The van der Waals surface area contributed by atoms with Crippen LogP contribution in [-0.4, -0.2) is 42.7 Å². The second-order valence-corrected chi connectivity index (χ2v) is 5.30. The van der Waals surface area contributed by atoms with E-state index in [0.29, 0.717) is 30.1 Å². The number of ether oxygens (including phenoxy) is 1. The van der Waals surface area contributed by atoms with Gasteiger partial charge < -0.3 is 20.7 Å². The fraction of sp³-hybridized carbons (Fsp3) is 0.643. The second-order valence-electron chi connectivity index (χ2n) is 5.30. The summed E-state index contributed by atoms with van der Waals surface area (Å²) in [6.07, 6.45) is 1.13. The molecule has 0 aliphatic carbocycles. The van der Waals surface area contributed by atoms with Gasteiger partial charge in [-0.3, -0.25) is 0 Å². The molecule has 0 radical (unpaired) electrons. The third-order valence-corrected chi connectivity index (χ3v) is 3.61. The SMILES string of the molecule is CCOc1nc(NC2CCN(C)CC2C)ccc1N. The first kappa shape index (κ1) is 13.9. The molecule has 2 rings (SSSR count). The Morgan fingerprint density at radius 2 is 2.32 bits per heavy atom. The van der Waals surface area contributed by atoms with E-state index in [1.54, 1.807) is 0 Å². The Kier molecular flexibility index (Phi) is 4.47. The summed E-state index contributed by atoms with van der Waals surface area (Å²) in [6.45, 7) is 7.01. The van der Waals surface area contributed by atoms with E-state index < -0.39 is 0 Å². The van der Waals surface area contributed by atoms with Crippen LogP contribution in [0.1, 0.15) is 20.3 Å². The van der Waals surface area contributed by atoms with Gasteiger partial charge in [-0.05, 0) is 45.0 Å². The lowest BCUT2D eigenvalue weighted by Gasteiger charge is -2.35. The Balaban J connectivity index is 2.04. The number of piperidine rings is 1. The maximum Gasteiger partial charge on any atom is 0.239 e. The third-order valence-electron chi connectivity index (χ3n) is 3.61. The smallest absolute Gasteiger partial charge is 0.239 e. The van der Waals surface area contributed by atoms with Crippen LogP contribution in [0.25, 0.3) is 0 Å². The third kappa shape index (κ3) is 3.50. The molecule has 0 bridgehead atoms. The predicted molar refractivity (Wildman–Crippen MR) is 78.5 cm³/mol. The van der Waals surface area contributed by atoms with E-state index in [0.717, 1.165) is 25.3 Å². The molecule has 19 heavy (non-hydrogen) atoms. The molecule has 1 aliphatic heterocycles. The lowest BCUT2D eigenvalue weighted by molar-refractivity contribution is 0.206. The summed E-state index contributed by atoms with van der Waals surface area (Å²) in [4.78, 5) is 6.80. The van der Waals surface area contributed by atoms with E-state index in [-0.39, 0.29) is 0 Å². The highest BCUT2D eigenvalue weighted by Crippen LogP contribution is 2.24. The number of anilines is 2. The Morgan fingerprint density at radius 3 is 3.00 bits per heavy atom. The minimum Gasteiger partial charge on any atom is -0.476 e. The molecule has 5 nitrogen and oxygen atoms in total. The number of rotatable bonds is 4. The lowest BCUT2D eigenvalue weighted by atomic mass is 9.94. The van der Waals surface area contributed by atoms with Crippen LogP contribution in [-0.2, 0) is 0 Å². The van der Waals surface area contributed by atoms with Gasteiger partial charge in [0, 0.05) is 12.6 Å². The normalized spacial score (nSPS) is 24.2. The van der Waals surface area contributed by atoms with Gasteiger partial charge in [0.2, 0.25) is 5.88 Å². The molecular formula is C14H24N4O. The van der Waals surface area contributed by atoms with Gasteiger partial charge in [-0.15, -0.1) is 0 Å². The summed E-state index contributed by atoms with van der Waals surface area (Å²) in [5.74, 6) is 1.97. The monoisotopic (exact) mass is 264 g/mol. The predicted octanol–water partition coefficient (Wildman–Crippen LogP) is 1.81. The Bertz CT molecular complexity index is 424. The molecule has 0 spiro atoms. The number of nitrogens with zero attached hydrogens (tertiary/aromatic N) is 2. The number of pyridine rings is 1. The first-order chi connectivity index (χ1) is 9.10. The van der Waals surface area contributed by atoms with Crippen molar-refractivity contribution in [3.05, 3.63) is 12.1 Å². The van der Waals surface area contributed by atoms with Crippen molar-refractivity contribution in [1.29, 1.82) is 0 Å². The van der Waals surface area contributed by atoms with Crippen molar-refractivity contribution in [2.75, 3.05) is 37.8 Å². The summed E-state index contributed by atoms with van der Waals surface area (Å²) in [5, 5.41) is 3.50. The van der Waals surface area contributed by atoms with Crippen LogP contribution in [0.3, 0.4) is 0 Å². The molecule has 1 saturated heterocycles. The van der Waals surface area contributed by atoms with Crippen molar-refractivity contribution in [2.24, 2.45) is 5.92 Å². The highest BCUT2D eigenvalue weighted by Gasteiger charge is 2.24. The van der Waals surface area contributed by atoms with Gasteiger partial charge in [-0.2, -0.15) is 4.98 Å². The van der Waals surface area contributed by atoms with E-state index >= 15 is 0 Å². The molecule has 2 atom stereocenters. The molecule has 1 aliphatic rings. The van der Waals surface area contributed by atoms with Crippen LogP contribution in [0.2, 0.25) is 0 Å². The van der Waals surface area contributed by atoms with E-state index in [2.05, 4.69) is 29.2 Å². The molecule has 0 amide bonds. The van der Waals surface area contributed by atoms with Crippen molar-refractivity contribution in [1.82, 2.24) is 9.88 Å². The number of hydrogen-bond donors (Lipinski definition) is 2. The summed E-state index contributed by atoms with van der Waals surface area (Å²) < 4.78 is 5.43. The van der Waals surface area contributed by atoms with Crippen molar-refractivity contribution < 1.29 is 4.74 Å². The fourth-order valence-corrected chi connectivity index (χ4v) is 2.54. The summed E-state index contributed by atoms with van der Waals surface area (Å²) in [7, 11) is 2.17. The first-order valence-corrected chi connectivity index (χ1v) is 6.94. The molecule has 2 heterocycles. The largest absolute Gasteiger partial charge is 0.476 e. The molecule has 106 valence electrons. The van der Waals surface area contributed by atoms with Gasteiger partial charge in [-0.25, -0.2) is 0 Å². The molecule has 1 aromatic heterocycles. The average Bonchev–Trinajstić information content (AvgIpc) is 2.37. The zero-order chi connectivity index (χ0) is 13.8. The van der Waals surface area contributed by atoms with Crippen LogP contribution < -0.4 is 15.8 Å². The van der Waals surface area contributed by atoms with E-state index in [9.17, 15) is 0 Å². The zero-order valence-corrected chi connectivity index (χ0v) is 12.0. The Hall–Kier alpha value is -1.49. The molecule has 1 aromatic rings. The number of likely N-dealkylation sites (tertiary alicyclic amines) is 1. The maximum absolute atomic E-state index is 5.83. The fourth-order valence-electron chi connectivity index (χ4n) is 2.54. The van der Waals surface area contributed by atoms with Gasteiger partial charge in [0.1, 0.15) is 5.82 Å². The van der Waals surface area contributed by atoms with Crippen molar-refractivity contribution in [2.45, 2.75) is 26.3 Å². The summed E-state index contributed by atoms with van der Waals surface area (Å²) in [6, 6.07) is 4.23. The quantitative estimate of drug-likeness (QED) is 0.868. The van der Waals surface area contributed by atoms with Crippen LogP contribution in [0.4, 0.5) is 11.5 Å². The first-order valence-electron chi connectivity index (χ1n) is 6.94. The minimum atomic E-state index is 0.460. The second kappa shape index (κ2) is 6.10. The number of nitrogens with one attached hydrogen (secondary N) is 1. The van der Waals surface area contributed by atoms with E-state index in [1.807, 2.05) is 19.1 Å². The molecule has 5 heteroatoms. The van der Waals surface area contributed by atoms with Crippen LogP contribution in [0.5, 0.6) is 5.88 Å². The van der Waals surface area contributed by atoms with Crippen molar-refractivity contribution >= 4 is 11.5 Å². The lowest BCUT2D eigenvalue weighted by Crippen LogP contribution is -2.43. The highest BCUT2D eigenvalue weighted by molar-refractivity contribution is 5.53. The Labute approximate surface area is 115 Å². The standard InChI is InChI=1S/C14H24N4O/c1-4-19-14-11(15)5-6-13(17-14)16-12-7-8-18(3)9-10(12)2/h5-6,10,12H,4,7-9,15H2,1-3H3,(H,16,17). The van der Waals surface area contributed by atoms with Gasteiger partial charge in [-0.1, -0.05) is 6.92 Å². The van der Waals surface area contributed by atoms with E-state index in [1.165, 1.54) is 0 Å². The van der Waals surface area contributed by atoms with Gasteiger partial charge in [0.25, 0.3) is 0 Å². The molecule has 3 N–H and O–H groups in total. The number of hydrogen-bond acceptors (Lipinski definition) is 5. The average molecular weight is 264 g/mol. The van der Waals surface area contributed by atoms with E-state index in [4.69, 9.17) is 10.5 Å². The Morgan fingerprint density at radius 1 is 1.53 bits per heavy atom. The summed E-state index contributed by atoms with van der Waals surface area (Å²) >= 11 is 0. The minimum absolute atomic E-state index is 0.460. The molecule has 0 saturated carbocycles. The molecule has 2 unspecified atom stereocenters. The van der Waals surface area contributed by atoms with Gasteiger partial charge >= 0.3 is 0 Å². The molecule has 1 fully saturated rings. The molecular weight excluding hydrogens is 240 g/mol. The van der Waals surface area contributed by atoms with Gasteiger partial charge in [0.15, 0.2) is 0 Å². The number of nitrogens with two attached hydrogens (primary N) is 1. The molecule has 0 aromatic carbocycles.